The molecule has 1 heterocycles. The van der Waals surface area contributed by atoms with Gasteiger partial charge in [0, 0.05) is 18.7 Å². The zero-order chi connectivity index (χ0) is 14.3. The first kappa shape index (κ1) is 16.9. The van der Waals surface area contributed by atoms with E-state index >= 15 is 0 Å². The van der Waals surface area contributed by atoms with Crippen molar-refractivity contribution < 1.29 is 4.74 Å². The van der Waals surface area contributed by atoms with Gasteiger partial charge in [-0.2, -0.15) is 0 Å². The first-order valence-electron chi connectivity index (χ1n) is 7.79. The summed E-state index contributed by atoms with van der Waals surface area (Å²) < 4.78 is 5.83. The van der Waals surface area contributed by atoms with Crippen LogP contribution in [0.1, 0.15) is 39.5 Å². The topological polar surface area (TPSA) is 41.7 Å². The van der Waals surface area contributed by atoms with Crippen molar-refractivity contribution in [3.05, 3.63) is 0 Å². The van der Waals surface area contributed by atoms with Crippen molar-refractivity contribution in [2.45, 2.75) is 51.2 Å². The molecule has 1 aliphatic rings. The summed E-state index contributed by atoms with van der Waals surface area (Å²) in [7, 11) is 4.27. The highest BCUT2D eigenvalue weighted by Crippen LogP contribution is 2.31. The third-order valence-electron chi connectivity index (χ3n) is 4.45. The van der Waals surface area contributed by atoms with Gasteiger partial charge in [-0.1, -0.05) is 13.8 Å². The van der Waals surface area contributed by atoms with E-state index in [1.54, 1.807) is 0 Å². The Labute approximate surface area is 119 Å². The highest BCUT2D eigenvalue weighted by atomic mass is 16.5. The molecule has 0 aromatic carbocycles. The van der Waals surface area contributed by atoms with Gasteiger partial charge in [0.1, 0.15) is 0 Å². The second kappa shape index (κ2) is 8.20. The molecule has 19 heavy (non-hydrogen) atoms. The summed E-state index contributed by atoms with van der Waals surface area (Å²) in [4.78, 5) is 4.85. The number of rotatable bonds is 8. The van der Waals surface area contributed by atoms with Crippen LogP contribution in [0.5, 0.6) is 0 Å². The molecule has 0 saturated carbocycles. The number of hydrogen-bond donors (Lipinski definition) is 1. The third-order valence-corrected chi connectivity index (χ3v) is 4.45. The van der Waals surface area contributed by atoms with Gasteiger partial charge in [0.15, 0.2) is 0 Å². The van der Waals surface area contributed by atoms with Crippen LogP contribution in [-0.2, 0) is 4.74 Å². The molecule has 0 spiro atoms. The molecule has 2 atom stereocenters. The summed E-state index contributed by atoms with van der Waals surface area (Å²) in [6.45, 7) is 9.44. The Morgan fingerprint density at radius 2 is 2.00 bits per heavy atom. The standard InChI is InChI=1S/C15H33N3O/c1-5-14-12-15(13-16,8-11-19-14)18(6-2)10-7-9-17(3)4/h14H,5-13,16H2,1-4H3. The average molecular weight is 271 g/mol. The minimum atomic E-state index is 0.167. The first-order valence-corrected chi connectivity index (χ1v) is 7.79. The molecule has 1 aliphatic heterocycles. The maximum Gasteiger partial charge on any atom is 0.0590 e. The monoisotopic (exact) mass is 271 g/mol. The van der Waals surface area contributed by atoms with Gasteiger partial charge in [-0.15, -0.1) is 0 Å². The summed E-state index contributed by atoms with van der Waals surface area (Å²) in [5, 5.41) is 0. The third kappa shape index (κ3) is 4.71. The van der Waals surface area contributed by atoms with Crippen LogP contribution in [0.25, 0.3) is 0 Å². The van der Waals surface area contributed by atoms with Gasteiger partial charge in [0.05, 0.1) is 6.10 Å². The maximum absolute atomic E-state index is 6.16. The van der Waals surface area contributed by atoms with E-state index in [2.05, 4.69) is 37.7 Å². The van der Waals surface area contributed by atoms with Crippen molar-refractivity contribution in [3.63, 3.8) is 0 Å². The van der Waals surface area contributed by atoms with Crippen LogP contribution in [0, 0.1) is 0 Å². The van der Waals surface area contributed by atoms with Crippen molar-refractivity contribution in [1.82, 2.24) is 9.80 Å². The van der Waals surface area contributed by atoms with Crippen LogP contribution < -0.4 is 5.73 Å². The molecule has 0 bridgehead atoms. The second-order valence-corrected chi connectivity index (χ2v) is 6.02. The predicted molar refractivity (Wildman–Crippen MR) is 81.5 cm³/mol. The molecular weight excluding hydrogens is 238 g/mol. The van der Waals surface area contributed by atoms with E-state index in [4.69, 9.17) is 10.5 Å². The van der Waals surface area contributed by atoms with Gasteiger partial charge in [-0.05, 0) is 59.4 Å². The Bertz CT molecular complexity index is 248. The Hall–Kier alpha value is -0.160. The van der Waals surface area contributed by atoms with E-state index in [1.165, 1.54) is 6.42 Å². The fourth-order valence-corrected chi connectivity index (χ4v) is 3.17. The number of ether oxygens (including phenoxy) is 1. The smallest absolute Gasteiger partial charge is 0.0590 e. The summed E-state index contributed by atoms with van der Waals surface area (Å²) in [6.07, 6.45) is 4.86. The fraction of sp³-hybridized carbons (Fsp3) is 1.00. The molecule has 0 amide bonds. The second-order valence-electron chi connectivity index (χ2n) is 6.02. The molecule has 0 aromatic rings. The molecule has 0 aromatic heterocycles. The Morgan fingerprint density at radius 1 is 1.26 bits per heavy atom. The molecule has 4 nitrogen and oxygen atoms in total. The molecule has 1 fully saturated rings. The summed E-state index contributed by atoms with van der Waals surface area (Å²) in [5.74, 6) is 0. The fourth-order valence-electron chi connectivity index (χ4n) is 3.17. The minimum absolute atomic E-state index is 0.167. The molecule has 2 N–H and O–H groups in total. The normalized spacial score (nSPS) is 28.3. The highest BCUT2D eigenvalue weighted by Gasteiger charge is 2.39. The van der Waals surface area contributed by atoms with Gasteiger partial charge in [-0.25, -0.2) is 0 Å². The number of nitrogens with two attached hydrogens (primary N) is 1. The van der Waals surface area contributed by atoms with E-state index in [-0.39, 0.29) is 5.54 Å². The molecule has 1 saturated heterocycles. The molecule has 4 heteroatoms. The lowest BCUT2D eigenvalue weighted by atomic mass is 9.83. The van der Waals surface area contributed by atoms with Gasteiger partial charge in [-0.3, -0.25) is 4.90 Å². The summed E-state index contributed by atoms with van der Waals surface area (Å²) >= 11 is 0. The van der Waals surface area contributed by atoms with E-state index < -0.39 is 0 Å². The lowest BCUT2D eigenvalue weighted by Crippen LogP contribution is -2.58. The van der Waals surface area contributed by atoms with E-state index in [9.17, 15) is 0 Å². The molecule has 1 rings (SSSR count). The minimum Gasteiger partial charge on any atom is -0.378 e. The molecule has 114 valence electrons. The van der Waals surface area contributed by atoms with Crippen molar-refractivity contribution >= 4 is 0 Å². The van der Waals surface area contributed by atoms with Crippen LogP contribution in [0.3, 0.4) is 0 Å². The van der Waals surface area contributed by atoms with Crippen molar-refractivity contribution in [3.8, 4) is 0 Å². The number of hydrogen-bond acceptors (Lipinski definition) is 4. The quantitative estimate of drug-likeness (QED) is 0.727. The first-order chi connectivity index (χ1) is 9.07. The van der Waals surface area contributed by atoms with Crippen molar-refractivity contribution in [1.29, 1.82) is 0 Å². The maximum atomic E-state index is 6.16. The van der Waals surface area contributed by atoms with Gasteiger partial charge in [0.25, 0.3) is 0 Å². The van der Waals surface area contributed by atoms with Gasteiger partial charge < -0.3 is 15.4 Å². The van der Waals surface area contributed by atoms with Crippen molar-refractivity contribution in [2.75, 3.05) is 46.9 Å². The Kier molecular flexibility index (Phi) is 7.29. The number of nitrogens with zero attached hydrogens (tertiary/aromatic N) is 2. The molecular formula is C15H33N3O. The summed E-state index contributed by atoms with van der Waals surface area (Å²) in [5.41, 5.74) is 6.32. The molecule has 2 unspecified atom stereocenters. The van der Waals surface area contributed by atoms with Crippen LogP contribution in [0.4, 0.5) is 0 Å². The average Bonchev–Trinajstić information content (AvgIpc) is 2.43. The van der Waals surface area contributed by atoms with Gasteiger partial charge >= 0.3 is 0 Å². The lowest BCUT2D eigenvalue weighted by Gasteiger charge is -2.48. The van der Waals surface area contributed by atoms with E-state index in [1.807, 2.05) is 0 Å². The molecule has 0 radical (unpaired) electrons. The van der Waals surface area contributed by atoms with E-state index in [0.29, 0.717) is 6.10 Å². The Morgan fingerprint density at radius 3 is 2.53 bits per heavy atom. The summed E-state index contributed by atoms with van der Waals surface area (Å²) in [6, 6.07) is 0. The van der Waals surface area contributed by atoms with Crippen molar-refractivity contribution in [2.24, 2.45) is 5.73 Å². The van der Waals surface area contributed by atoms with Crippen LogP contribution >= 0.6 is 0 Å². The molecule has 0 aliphatic carbocycles. The lowest BCUT2D eigenvalue weighted by molar-refractivity contribution is -0.0712. The van der Waals surface area contributed by atoms with Crippen LogP contribution in [0.2, 0.25) is 0 Å². The highest BCUT2D eigenvalue weighted by molar-refractivity contribution is 4.96. The SMILES string of the molecule is CCC1CC(CN)(N(CC)CCCN(C)C)CCO1. The zero-order valence-corrected chi connectivity index (χ0v) is 13.3. The zero-order valence-electron chi connectivity index (χ0n) is 13.3. The van der Waals surface area contributed by atoms with Crippen LogP contribution in [-0.4, -0.2) is 68.3 Å². The van der Waals surface area contributed by atoms with Gasteiger partial charge in [0.2, 0.25) is 0 Å². The van der Waals surface area contributed by atoms with Crippen LogP contribution in [0.15, 0.2) is 0 Å². The largest absolute Gasteiger partial charge is 0.378 e. The Balaban J connectivity index is 2.62. The van der Waals surface area contributed by atoms with E-state index in [0.717, 1.165) is 52.0 Å². The predicted octanol–water partition coefficient (Wildman–Crippen LogP) is 1.55. The number of likely N-dealkylation sites (N-methyl/N-ethyl adjacent to an activating group) is 1.